The highest BCUT2D eigenvalue weighted by molar-refractivity contribution is 14.1. The van der Waals surface area contributed by atoms with E-state index in [1.54, 1.807) is 0 Å². The second kappa shape index (κ2) is 10.2. The normalized spacial score (nSPS) is 42.5. The molecule has 0 bridgehead atoms. The molecule has 10 atom stereocenters. The molecule has 5 rings (SSSR count). The van der Waals surface area contributed by atoms with Crippen molar-refractivity contribution in [2.45, 2.75) is 88.3 Å². The molecule has 4 fully saturated rings. The number of aliphatic carboxylic acids is 1. The van der Waals surface area contributed by atoms with Gasteiger partial charge in [0.2, 0.25) is 0 Å². The molecule has 0 saturated heterocycles. The smallest absolute Gasteiger partial charge is 0.310 e. The quantitative estimate of drug-likeness (QED) is 0.227. The number of alkyl halides is 1. The Labute approximate surface area is 228 Å². The molecule has 0 aromatic heterocycles. The summed E-state index contributed by atoms with van der Waals surface area (Å²) in [4.78, 5) is 25.2. The summed E-state index contributed by atoms with van der Waals surface area (Å²) < 4.78 is 6.42. The number of hydrogen-bond acceptors (Lipinski definition) is 4. The topological polar surface area (TPSA) is 83.8 Å². The third-order valence-corrected chi connectivity index (χ3v) is 12.2. The fourth-order valence-corrected chi connectivity index (χ4v) is 10.2. The van der Waals surface area contributed by atoms with Crippen LogP contribution in [0.25, 0.3) is 0 Å². The van der Waals surface area contributed by atoms with Gasteiger partial charge in [-0.25, -0.2) is 0 Å². The van der Waals surface area contributed by atoms with Gasteiger partial charge in [-0.1, -0.05) is 66.8 Å². The highest BCUT2D eigenvalue weighted by Gasteiger charge is 2.63. The first kappa shape index (κ1) is 26.5. The van der Waals surface area contributed by atoms with Gasteiger partial charge >= 0.3 is 11.9 Å². The molecule has 36 heavy (non-hydrogen) atoms. The molecule has 4 aliphatic rings. The zero-order valence-corrected chi connectivity index (χ0v) is 23.7. The Hall–Kier alpha value is -1.15. The maximum absolute atomic E-state index is 13.3. The van der Waals surface area contributed by atoms with Crippen LogP contribution < -0.4 is 0 Å². The van der Waals surface area contributed by atoms with Gasteiger partial charge < -0.3 is 14.9 Å². The van der Waals surface area contributed by atoms with Crippen molar-refractivity contribution in [2.24, 2.45) is 46.3 Å². The number of ether oxygens (including phenoxy) is 1. The second-order valence-electron chi connectivity index (χ2n) is 12.7. The molecule has 1 aromatic rings. The van der Waals surface area contributed by atoms with Gasteiger partial charge in [-0.3, -0.25) is 9.59 Å². The lowest BCUT2D eigenvalue weighted by atomic mass is 9.44. The minimum atomic E-state index is -0.944. The van der Waals surface area contributed by atoms with Crippen LogP contribution in [0.15, 0.2) is 30.3 Å². The van der Waals surface area contributed by atoms with Crippen molar-refractivity contribution in [1.29, 1.82) is 0 Å². The molecule has 0 amide bonds. The molecule has 0 aliphatic heterocycles. The summed E-state index contributed by atoms with van der Waals surface area (Å²) in [6.45, 7) is 4.95. The van der Waals surface area contributed by atoms with Crippen molar-refractivity contribution < 1.29 is 24.5 Å². The number of aliphatic hydroxyl groups is 1. The van der Waals surface area contributed by atoms with Crippen molar-refractivity contribution >= 4 is 34.5 Å². The number of rotatable bonds is 6. The molecular formula is C30H41IO5. The Balaban J connectivity index is 1.37. The van der Waals surface area contributed by atoms with Crippen LogP contribution >= 0.6 is 22.6 Å². The molecular weight excluding hydrogens is 567 g/mol. The number of benzene rings is 1. The van der Waals surface area contributed by atoms with Crippen LogP contribution in [0.5, 0.6) is 0 Å². The van der Waals surface area contributed by atoms with Gasteiger partial charge in [0.05, 0.1) is 18.4 Å². The number of carbonyl (C=O) groups is 2. The molecule has 2 N–H and O–H groups in total. The first-order chi connectivity index (χ1) is 17.1. The third kappa shape index (κ3) is 4.63. The van der Waals surface area contributed by atoms with Gasteiger partial charge in [0, 0.05) is 3.92 Å². The number of hydrogen-bond donors (Lipinski definition) is 2. The Bertz CT molecular complexity index is 967. The minimum absolute atomic E-state index is 0.0226. The van der Waals surface area contributed by atoms with Crippen molar-refractivity contribution in [1.82, 2.24) is 0 Å². The molecule has 0 heterocycles. The summed E-state index contributed by atoms with van der Waals surface area (Å²) in [5.74, 6) is -0.278. The van der Waals surface area contributed by atoms with Crippen LogP contribution in [-0.2, 0) is 20.9 Å². The van der Waals surface area contributed by atoms with Crippen LogP contribution in [0.1, 0.15) is 77.2 Å². The largest absolute Gasteiger partial charge is 0.481 e. The summed E-state index contributed by atoms with van der Waals surface area (Å²) in [6, 6.07) is 9.57. The molecule has 6 heteroatoms. The number of carboxylic acid groups (broad SMARTS) is 1. The first-order valence-corrected chi connectivity index (χ1v) is 15.1. The van der Waals surface area contributed by atoms with Crippen LogP contribution in [0.2, 0.25) is 0 Å². The highest BCUT2D eigenvalue weighted by Crippen LogP contribution is 2.68. The van der Waals surface area contributed by atoms with Crippen LogP contribution in [0.3, 0.4) is 0 Å². The highest BCUT2D eigenvalue weighted by atomic mass is 127. The van der Waals surface area contributed by atoms with E-state index in [9.17, 15) is 19.8 Å². The monoisotopic (exact) mass is 608 g/mol. The first-order valence-electron chi connectivity index (χ1n) is 13.9. The number of carbonyl (C=O) groups excluding carboxylic acids is 1. The molecule has 198 valence electrons. The molecule has 5 nitrogen and oxygen atoms in total. The zero-order chi connectivity index (χ0) is 25.7. The zero-order valence-electron chi connectivity index (χ0n) is 21.6. The number of fused-ring (bicyclic) bond motifs is 5. The Morgan fingerprint density at radius 1 is 1.03 bits per heavy atom. The van der Waals surface area contributed by atoms with E-state index < -0.39 is 11.9 Å². The second-order valence-corrected chi connectivity index (χ2v) is 14.5. The van der Waals surface area contributed by atoms with Crippen LogP contribution in [-0.4, -0.2) is 32.2 Å². The summed E-state index contributed by atoms with van der Waals surface area (Å²) >= 11 is 2.60. The minimum Gasteiger partial charge on any atom is -0.481 e. The average molecular weight is 609 g/mol. The molecule has 0 spiro atoms. The Morgan fingerprint density at radius 3 is 2.44 bits per heavy atom. The van der Waals surface area contributed by atoms with E-state index in [0.717, 1.165) is 37.7 Å². The summed E-state index contributed by atoms with van der Waals surface area (Å²) in [7, 11) is 0. The lowest BCUT2D eigenvalue weighted by Gasteiger charge is -2.62. The van der Waals surface area contributed by atoms with E-state index in [0.29, 0.717) is 27.1 Å². The fourth-order valence-electron chi connectivity index (χ4n) is 9.29. The van der Waals surface area contributed by atoms with Crippen molar-refractivity contribution in [3.63, 3.8) is 0 Å². The van der Waals surface area contributed by atoms with Crippen molar-refractivity contribution in [2.75, 3.05) is 0 Å². The number of aliphatic hydroxyl groups excluding tert-OH is 1. The van der Waals surface area contributed by atoms with Crippen LogP contribution in [0, 0.1) is 46.3 Å². The molecule has 2 unspecified atom stereocenters. The van der Waals surface area contributed by atoms with Gasteiger partial charge in [-0.15, -0.1) is 0 Å². The number of carboxylic acids is 1. The van der Waals surface area contributed by atoms with Gasteiger partial charge in [0.1, 0.15) is 6.61 Å². The van der Waals surface area contributed by atoms with E-state index in [-0.39, 0.29) is 42.4 Å². The SMILES string of the molecule is C[C@]12CCC(I)C[C@H]1C[C@H](O)[C@@H]1[C@@H]2CC[C@]2(C)[C@@H](C(CC(=O)O)C(=O)OCc3ccccc3)CC[C@@H]12. The Morgan fingerprint density at radius 2 is 1.72 bits per heavy atom. The van der Waals surface area contributed by atoms with Gasteiger partial charge in [0.25, 0.3) is 0 Å². The van der Waals surface area contributed by atoms with E-state index in [2.05, 4.69) is 36.4 Å². The van der Waals surface area contributed by atoms with Crippen molar-refractivity contribution in [3.8, 4) is 0 Å². The van der Waals surface area contributed by atoms with E-state index in [4.69, 9.17) is 4.74 Å². The van der Waals surface area contributed by atoms with E-state index in [1.165, 1.54) is 19.3 Å². The van der Waals surface area contributed by atoms with E-state index >= 15 is 0 Å². The molecule has 4 saturated carbocycles. The summed E-state index contributed by atoms with van der Waals surface area (Å²) in [5, 5.41) is 21.2. The lowest BCUT2D eigenvalue weighted by Crippen LogP contribution is -2.58. The molecule has 0 radical (unpaired) electrons. The molecule has 1 aromatic carbocycles. The van der Waals surface area contributed by atoms with Gasteiger partial charge in [0.15, 0.2) is 0 Å². The summed E-state index contributed by atoms with van der Waals surface area (Å²) in [6.07, 6.45) is 8.04. The number of halogens is 1. The summed E-state index contributed by atoms with van der Waals surface area (Å²) in [5.41, 5.74) is 1.06. The number of esters is 1. The fraction of sp³-hybridized carbons (Fsp3) is 0.733. The van der Waals surface area contributed by atoms with E-state index in [1.807, 2.05) is 30.3 Å². The van der Waals surface area contributed by atoms with Crippen molar-refractivity contribution in [3.05, 3.63) is 35.9 Å². The van der Waals surface area contributed by atoms with Crippen LogP contribution in [0.4, 0.5) is 0 Å². The average Bonchev–Trinajstić information content (AvgIpc) is 3.19. The maximum atomic E-state index is 13.3. The molecule has 4 aliphatic carbocycles. The predicted octanol–water partition coefficient (Wildman–Crippen LogP) is 6.25. The Kier molecular flexibility index (Phi) is 7.49. The maximum Gasteiger partial charge on any atom is 0.310 e. The van der Waals surface area contributed by atoms with Gasteiger partial charge in [-0.05, 0) is 97.3 Å². The third-order valence-electron chi connectivity index (χ3n) is 11.1. The predicted molar refractivity (Wildman–Crippen MR) is 146 cm³/mol. The van der Waals surface area contributed by atoms with Gasteiger partial charge in [-0.2, -0.15) is 0 Å². The lowest BCUT2D eigenvalue weighted by molar-refractivity contribution is -0.172. The standard InChI is InChI=1S/C30H41IO5/c1-29-12-10-20(31)14-19(29)15-25(32)27-23-9-8-22(30(23,2)13-11-24(27)29)21(16-26(33)34)28(35)36-17-18-6-4-3-5-7-18/h3-7,19-25,27,32H,8-17H2,1-2H3,(H,33,34)/t19-,20?,21?,22+,23-,24-,25-,27-,29-,30+/m0/s1.